The summed E-state index contributed by atoms with van der Waals surface area (Å²) in [6, 6.07) is 0. The molecule has 0 atom stereocenters. The minimum absolute atomic E-state index is 0. The second-order valence-electron chi connectivity index (χ2n) is 2.12. The molecule has 8 heavy (non-hydrogen) atoms. The maximum atomic E-state index is 3.25. The van der Waals surface area contributed by atoms with E-state index in [2.05, 4.69) is 28.4 Å². The SMILES string of the molecule is Br.CCC#[C][Zn]([CH3])[CH3]. The number of halogens is 1. The van der Waals surface area contributed by atoms with E-state index in [-0.39, 0.29) is 17.0 Å². The standard InChI is InChI=1S/C4H5.2CH3.BrH.Zn/c1-3-4-2;;;;/h3H2,1H3;2*1H3;1H;. The van der Waals surface area contributed by atoms with Crippen molar-refractivity contribution in [2.45, 2.75) is 24.4 Å². The normalized spacial score (nSPS) is 5.88. The minimum atomic E-state index is -1.09. The van der Waals surface area contributed by atoms with Crippen molar-refractivity contribution < 1.29 is 16.0 Å². The van der Waals surface area contributed by atoms with E-state index < -0.39 is 16.0 Å². The fourth-order valence-corrected chi connectivity index (χ4v) is 1.95. The van der Waals surface area contributed by atoms with Crippen molar-refractivity contribution in [3.05, 3.63) is 0 Å². The third-order valence-corrected chi connectivity index (χ3v) is 2.66. The quantitative estimate of drug-likeness (QED) is 0.442. The van der Waals surface area contributed by atoms with Crippen molar-refractivity contribution in [2.24, 2.45) is 0 Å². The summed E-state index contributed by atoms with van der Waals surface area (Å²) in [4.78, 5) is 0. The molecule has 45 valence electrons. The molecule has 0 radical (unpaired) electrons. The van der Waals surface area contributed by atoms with Gasteiger partial charge in [-0.3, -0.25) is 0 Å². The molecule has 0 aliphatic carbocycles. The molecular weight excluding hydrogens is 217 g/mol. The molecule has 0 rings (SSSR count). The molecule has 0 nitrogen and oxygen atoms in total. The topological polar surface area (TPSA) is 0 Å². The monoisotopic (exact) mass is 227 g/mol. The van der Waals surface area contributed by atoms with Crippen molar-refractivity contribution in [3.63, 3.8) is 0 Å². The van der Waals surface area contributed by atoms with E-state index in [1.807, 2.05) is 0 Å². The molecule has 2 heteroatoms. The fourth-order valence-electron chi connectivity index (χ4n) is 0.375. The average molecular weight is 229 g/mol. The van der Waals surface area contributed by atoms with Gasteiger partial charge in [0.25, 0.3) is 0 Å². The zero-order valence-electron chi connectivity index (χ0n) is 5.82. The van der Waals surface area contributed by atoms with E-state index in [1.165, 1.54) is 0 Å². The van der Waals surface area contributed by atoms with Crippen LogP contribution in [0, 0.1) is 10.4 Å². The number of hydrogen-bond acceptors (Lipinski definition) is 0. The van der Waals surface area contributed by atoms with E-state index in [0.717, 1.165) is 6.42 Å². The molecule has 0 bridgehead atoms. The molecule has 0 saturated heterocycles. The third kappa shape index (κ3) is 9.83. The maximum absolute atomic E-state index is 3.25. The van der Waals surface area contributed by atoms with Crippen molar-refractivity contribution in [3.8, 4) is 10.4 Å². The Morgan fingerprint density at radius 1 is 1.38 bits per heavy atom. The van der Waals surface area contributed by atoms with Crippen LogP contribution in [0.1, 0.15) is 13.3 Å². The molecule has 0 aromatic heterocycles. The predicted molar refractivity (Wildman–Crippen MR) is 40.1 cm³/mol. The second-order valence-corrected chi connectivity index (χ2v) is 8.80. The summed E-state index contributed by atoms with van der Waals surface area (Å²) in [6.45, 7) is 2.10. The summed E-state index contributed by atoms with van der Waals surface area (Å²) in [5, 5.41) is 0. The second kappa shape index (κ2) is 7.66. The summed E-state index contributed by atoms with van der Waals surface area (Å²) < 4.78 is 3.25. The Bertz CT molecular complexity index is 88.4. The molecule has 0 aromatic rings. The van der Waals surface area contributed by atoms with Gasteiger partial charge >= 0.3 is 50.8 Å². The van der Waals surface area contributed by atoms with Crippen LogP contribution in [0.4, 0.5) is 0 Å². The van der Waals surface area contributed by atoms with Crippen LogP contribution < -0.4 is 0 Å². The molecule has 0 aliphatic rings. The van der Waals surface area contributed by atoms with Crippen LogP contribution in [0.3, 0.4) is 0 Å². The summed E-state index contributed by atoms with van der Waals surface area (Å²) in [6.07, 6.45) is 1.04. The van der Waals surface area contributed by atoms with E-state index in [0.29, 0.717) is 0 Å². The van der Waals surface area contributed by atoms with Crippen LogP contribution in [0.2, 0.25) is 11.0 Å². The van der Waals surface area contributed by atoms with Gasteiger partial charge < -0.3 is 0 Å². The molecule has 0 saturated carbocycles. The van der Waals surface area contributed by atoms with Gasteiger partial charge in [0.2, 0.25) is 0 Å². The molecule has 0 fully saturated rings. The number of hydrogen-bond donors (Lipinski definition) is 0. The van der Waals surface area contributed by atoms with Gasteiger partial charge in [-0.05, 0) is 0 Å². The molecule has 0 amide bonds. The van der Waals surface area contributed by atoms with Gasteiger partial charge in [-0.2, -0.15) is 0 Å². The zero-order chi connectivity index (χ0) is 5.70. The number of rotatable bonds is 0. The molecule has 0 N–H and O–H groups in total. The fraction of sp³-hybridized carbons (Fsp3) is 0.667. The van der Waals surface area contributed by atoms with Crippen LogP contribution in [-0.2, 0) is 16.0 Å². The molecule has 0 unspecified atom stereocenters. The van der Waals surface area contributed by atoms with Gasteiger partial charge in [0.1, 0.15) is 0 Å². The Kier molecular flexibility index (Phi) is 11.0. The molecule has 0 spiro atoms. The molecule has 0 aliphatic heterocycles. The molecule has 0 aromatic carbocycles. The van der Waals surface area contributed by atoms with Crippen LogP contribution >= 0.6 is 17.0 Å². The zero-order valence-corrected chi connectivity index (χ0v) is 10.5. The Morgan fingerprint density at radius 3 is 2.00 bits per heavy atom. The van der Waals surface area contributed by atoms with Gasteiger partial charge in [0.15, 0.2) is 0 Å². The summed E-state index contributed by atoms with van der Waals surface area (Å²) in [5.74, 6) is 3.09. The van der Waals surface area contributed by atoms with Gasteiger partial charge in [-0.15, -0.1) is 17.0 Å². The van der Waals surface area contributed by atoms with E-state index in [4.69, 9.17) is 0 Å². The first kappa shape index (κ1) is 11.5. The van der Waals surface area contributed by atoms with Gasteiger partial charge in [-0.1, -0.05) is 0 Å². The summed E-state index contributed by atoms with van der Waals surface area (Å²) in [5.41, 5.74) is 4.62. The van der Waals surface area contributed by atoms with Crippen molar-refractivity contribution in [1.82, 2.24) is 0 Å². The van der Waals surface area contributed by atoms with Gasteiger partial charge in [-0.25, -0.2) is 0 Å². The first-order chi connectivity index (χ1) is 3.27. The molecule has 0 heterocycles. The Morgan fingerprint density at radius 2 is 1.88 bits per heavy atom. The summed E-state index contributed by atoms with van der Waals surface area (Å²) >= 11 is -1.09. The Hall–Kier alpha value is 0.663. The van der Waals surface area contributed by atoms with Gasteiger partial charge in [0.05, 0.1) is 0 Å². The predicted octanol–water partition coefficient (Wildman–Crippen LogP) is 2.65. The van der Waals surface area contributed by atoms with Crippen molar-refractivity contribution >= 4 is 17.0 Å². The summed E-state index contributed by atoms with van der Waals surface area (Å²) in [7, 11) is 0. The van der Waals surface area contributed by atoms with Crippen LogP contribution in [0.5, 0.6) is 0 Å². The van der Waals surface area contributed by atoms with Crippen LogP contribution in [0.25, 0.3) is 0 Å². The average Bonchev–Trinajstić information content (AvgIpc) is 1.61. The van der Waals surface area contributed by atoms with E-state index in [1.54, 1.807) is 0 Å². The Labute approximate surface area is 67.7 Å². The third-order valence-electron chi connectivity index (χ3n) is 0.655. The van der Waals surface area contributed by atoms with E-state index >= 15 is 0 Å². The Balaban J connectivity index is 0. The molecular formula is C6H12BrZn. The van der Waals surface area contributed by atoms with Gasteiger partial charge in [0, 0.05) is 0 Å². The first-order valence-electron chi connectivity index (χ1n) is 3.08. The first-order valence-corrected chi connectivity index (χ1v) is 10.5. The van der Waals surface area contributed by atoms with Crippen LogP contribution in [-0.4, -0.2) is 0 Å². The van der Waals surface area contributed by atoms with Crippen LogP contribution in [0.15, 0.2) is 0 Å². The van der Waals surface area contributed by atoms with Crippen molar-refractivity contribution in [1.29, 1.82) is 0 Å². The van der Waals surface area contributed by atoms with Crippen molar-refractivity contribution in [2.75, 3.05) is 0 Å². The van der Waals surface area contributed by atoms with E-state index in [9.17, 15) is 0 Å².